The first-order chi connectivity index (χ1) is 16.7. The number of thiazole rings is 1. The Morgan fingerprint density at radius 3 is 2.63 bits per heavy atom. The van der Waals surface area contributed by atoms with Crippen molar-refractivity contribution in [2.75, 3.05) is 7.11 Å². The van der Waals surface area contributed by atoms with Crippen molar-refractivity contribution in [2.45, 2.75) is 25.1 Å². The van der Waals surface area contributed by atoms with Crippen LogP contribution in [-0.2, 0) is 6.42 Å². The molecule has 1 N–H and O–H groups in total. The van der Waals surface area contributed by atoms with E-state index in [1.807, 2.05) is 0 Å². The molecule has 1 aliphatic rings. The summed E-state index contributed by atoms with van der Waals surface area (Å²) in [5.41, 5.74) is 0.983. The molecule has 0 spiro atoms. The number of ketones is 1. The van der Waals surface area contributed by atoms with Crippen LogP contribution < -0.4 is 19.6 Å². The first kappa shape index (κ1) is 22.9. The smallest absolute Gasteiger partial charge is 0.497 e. The second-order valence-corrected chi connectivity index (χ2v) is 8.93. The number of H-pyrrole nitrogens is 1. The predicted molar refractivity (Wildman–Crippen MR) is 122 cm³/mol. The third-order valence-electron chi connectivity index (χ3n) is 5.60. The zero-order valence-electron chi connectivity index (χ0n) is 18.1. The summed E-state index contributed by atoms with van der Waals surface area (Å²) < 4.78 is 52.1. The van der Waals surface area contributed by atoms with Crippen LogP contribution in [0.1, 0.15) is 33.3 Å². The molecule has 35 heavy (non-hydrogen) atoms. The van der Waals surface area contributed by atoms with Crippen molar-refractivity contribution in [3.63, 3.8) is 0 Å². The average molecular weight is 502 g/mol. The van der Waals surface area contributed by atoms with Gasteiger partial charge in [-0.05, 0) is 30.7 Å². The molecule has 4 aromatic rings. The number of carbonyl (C=O) groups excluding carboxylic acids is 1. The van der Waals surface area contributed by atoms with Gasteiger partial charge in [0.2, 0.25) is 0 Å². The number of nitrogens with zero attached hydrogens (tertiary/aromatic N) is 1. The maximum Gasteiger partial charge on any atom is 0.573 e. The van der Waals surface area contributed by atoms with Gasteiger partial charge in [0.15, 0.2) is 11.2 Å². The lowest BCUT2D eigenvalue weighted by Gasteiger charge is -2.22. The molecule has 1 atom stereocenters. The zero-order chi connectivity index (χ0) is 24.7. The van der Waals surface area contributed by atoms with Gasteiger partial charge in [-0.2, -0.15) is 0 Å². The second-order valence-electron chi connectivity index (χ2n) is 7.90. The van der Waals surface area contributed by atoms with E-state index in [0.29, 0.717) is 28.8 Å². The summed E-state index contributed by atoms with van der Waals surface area (Å²) in [6.07, 6.45) is -2.69. The van der Waals surface area contributed by atoms with Crippen LogP contribution in [0.4, 0.5) is 13.2 Å². The molecule has 1 unspecified atom stereocenters. The summed E-state index contributed by atoms with van der Waals surface area (Å²) in [5, 5.41) is 0.626. The third kappa shape index (κ3) is 4.72. The zero-order valence-corrected chi connectivity index (χ0v) is 19.0. The molecule has 0 radical (unpaired) electrons. The van der Waals surface area contributed by atoms with E-state index in [-0.39, 0.29) is 40.1 Å². The Morgan fingerprint density at radius 2 is 1.86 bits per heavy atom. The summed E-state index contributed by atoms with van der Waals surface area (Å²) >= 11 is 1.18. The number of carbonyl (C=O) groups is 1. The Morgan fingerprint density at radius 1 is 1.06 bits per heavy atom. The largest absolute Gasteiger partial charge is 0.573 e. The van der Waals surface area contributed by atoms with Crippen molar-refractivity contribution in [1.82, 2.24) is 9.97 Å². The van der Waals surface area contributed by atoms with Gasteiger partial charge in [0.1, 0.15) is 17.2 Å². The molecule has 2 aromatic heterocycles. The Kier molecular flexibility index (Phi) is 5.72. The number of nitrogens with one attached hydrogen (secondary N) is 1. The molecular weight excluding hydrogens is 485 g/mol. The number of hydrogen-bond acceptors (Lipinski definition) is 7. The van der Waals surface area contributed by atoms with E-state index in [1.165, 1.54) is 36.6 Å². The molecular formula is C24H17F3N2O5S. The Bertz CT molecular complexity index is 1490. The summed E-state index contributed by atoms with van der Waals surface area (Å²) in [5.74, 6) is -0.191. The van der Waals surface area contributed by atoms with E-state index < -0.39 is 12.1 Å². The number of aromatic amines is 1. The van der Waals surface area contributed by atoms with Crippen molar-refractivity contribution in [3.8, 4) is 22.4 Å². The highest BCUT2D eigenvalue weighted by Crippen LogP contribution is 2.38. The number of aromatic nitrogens is 2. The first-order valence-corrected chi connectivity index (χ1v) is 11.3. The van der Waals surface area contributed by atoms with Crippen LogP contribution in [-0.4, -0.2) is 29.2 Å². The van der Waals surface area contributed by atoms with Gasteiger partial charge in [0, 0.05) is 46.6 Å². The minimum atomic E-state index is -4.81. The van der Waals surface area contributed by atoms with Gasteiger partial charge < -0.3 is 19.2 Å². The predicted octanol–water partition coefficient (Wildman–Crippen LogP) is 5.60. The monoisotopic (exact) mass is 502 g/mol. The van der Waals surface area contributed by atoms with E-state index in [9.17, 15) is 22.8 Å². The maximum atomic E-state index is 13.0. The van der Waals surface area contributed by atoms with Crippen LogP contribution in [0.3, 0.4) is 0 Å². The number of methoxy groups -OCH3 is 1. The fourth-order valence-electron chi connectivity index (χ4n) is 4.08. The maximum absolute atomic E-state index is 13.0. The fourth-order valence-corrected chi connectivity index (χ4v) is 4.97. The summed E-state index contributed by atoms with van der Waals surface area (Å²) in [6, 6.07) is 10.1. The van der Waals surface area contributed by atoms with Crippen LogP contribution in [0, 0.1) is 0 Å². The molecule has 7 nitrogen and oxygen atoms in total. The quantitative estimate of drug-likeness (QED) is 0.382. The molecule has 0 saturated heterocycles. The number of Topliss-reactive ketones (excluding diaryl/α,β-unsaturated/α-hetero) is 1. The first-order valence-electron chi connectivity index (χ1n) is 10.5. The Balaban J connectivity index is 1.39. The molecule has 11 heteroatoms. The van der Waals surface area contributed by atoms with Crippen molar-refractivity contribution >= 4 is 28.0 Å². The van der Waals surface area contributed by atoms with Gasteiger partial charge in [-0.25, -0.2) is 4.98 Å². The SMILES string of the molecule is COc1ccc2c(=O)c3c([nH]c2c1)CC(c1cnc(Oc2cccc(OC(F)(F)F)c2)s1)CC3=O. The molecule has 0 bridgehead atoms. The minimum Gasteiger partial charge on any atom is -0.497 e. The number of benzene rings is 2. The Labute approximate surface area is 200 Å². The van der Waals surface area contributed by atoms with Crippen molar-refractivity contribution < 1.29 is 32.2 Å². The van der Waals surface area contributed by atoms with Gasteiger partial charge in [0.05, 0.1) is 18.2 Å². The van der Waals surface area contributed by atoms with E-state index in [1.54, 1.807) is 24.4 Å². The number of rotatable bonds is 5. The number of ether oxygens (including phenoxy) is 3. The number of hydrogen-bond donors (Lipinski definition) is 1. The van der Waals surface area contributed by atoms with Crippen molar-refractivity contribution in [1.29, 1.82) is 0 Å². The van der Waals surface area contributed by atoms with Gasteiger partial charge in [-0.3, -0.25) is 9.59 Å². The molecule has 180 valence electrons. The van der Waals surface area contributed by atoms with E-state index in [0.717, 1.165) is 10.9 Å². The van der Waals surface area contributed by atoms with E-state index in [2.05, 4.69) is 14.7 Å². The van der Waals surface area contributed by atoms with Crippen LogP contribution in [0.15, 0.2) is 53.5 Å². The number of alkyl halides is 3. The van der Waals surface area contributed by atoms with Gasteiger partial charge in [-0.15, -0.1) is 13.2 Å². The van der Waals surface area contributed by atoms with Crippen LogP contribution in [0.5, 0.6) is 22.4 Å². The molecule has 1 aliphatic carbocycles. The van der Waals surface area contributed by atoms with E-state index >= 15 is 0 Å². The normalized spacial score (nSPS) is 15.7. The summed E-state index contributed by atoms with van der Waals surface area (Å²) in [4.78, 5) is 34.0. The lowest BCUT2D eigenvalue weighted by Crippen LogP contribution is -2.27. The molecule has 0 aliphatic heterocycles. The highest BCUT2D eigenvalue weighted by Gasteiger charge is 2.32. The highest BCUT2D eigenvalue weighted by atomic mass is 32.1. The lowest BCUT2D eigenvalue weighted by atomic mass is 9.84. The van der Waals surface area contributed by atoms with E-state index in [4.69, 9.17) is 9.47 Å². The van der Waals surface area contributed by atoms with Gasteiger partial charge in [-0.1, -0.05) is 17.4 Å². The molecule has 0 saturated carbocycles. The number of pyridine rings is 1. The fraction of sp³-hybridized carbons (Fsp3) is 0.208. The van der Waals surface area contributed by atoms with Crippen LogP contribution in [0.25, 0.3) is 10.9 Å². The van der Waals surface area contributed by atoms with Crippen LogP contribution >= 0.6 is 11.3 Å². The second kappa shape index (κ2) is 8.73. The molecule has 0 amide bonds. The number of halogens is 3. The molecule has 2 aromatic carbocycles. The van der Waals surface area contributed by atoms with Gasteiger partial charge in [0.25, 0.3) is 5.19 Å². The molecule has 0 fully saturated rings. The molecule has 2 heterocycles. The average Bonchev–Trinajstić information content (AvgIpc) is 3.26. The highest BCUT2D eigenvalue weighted by molar-refractivity contribution is 7.13. The van der Waals surface area contributed by atoms with Crippen molar-refractivity contribution in [2.24, 2.45) is 0 Å². The van der Waals surface area contributed by atoms with Crippen LogP contribution in [0.2, 0.25) is 0 Å². The summed E-state index contributed by atoms with van der Waals surface area (Å²) in [6.45, 7) is 0. The number of fused-ring (bicyclic) bond motifs is 2. The van der Waals surface area contributed by atoms with Crippen molar-refractivity contribution in [3.05, 3.63) is 75.0 Å². The molecule has 5 rings (SSSR count). The topological polar surface area (TPSA) is 90.5 Å². The third-order valence-corrected chi connectivity index (χ3v) is 6.63. The lowest BCUT2D eigenvalue weighted by molar-refractivity contribution is -0.274. The van der Waals surface area contributed by atoms with Gasteiger partial charge >= 0.3 is 6.36 Å². The standard InChI is InChI=1S/C24H17F3N2O5S/c1-32-13-5-6-16-17(10-13)29-18-7-12(8-19(30)21(18)22(16)31)20-11-28-23(35-20)33-14-3-2-4-15(9-14)34-24(25,26)27/h2-6,9-12H,7-8H2,1H3,(H,29,31). The Hall–Kier alpha value is -3.86. The summed E-state index contributed by atoms with van der Waals surface area (Å²) in [7, 11) is 1.53. The minimum absolute atomic E-state index is 0.127.